The highest BCUT2D eigenvalue weighted by Gasteiger charge is 2.27. The average molecular weight is 360 g/mol. The van der Waals surface area contributed by atoms with Gasteiger partial charge in [-0.15, -0.1) is 0 Å². The second-order valence-electron chi connectivity index (χ2n) is 5.67. The Bertz CT molecular complexity index is 882. The van der Waals surface area contributed by atoms with Gasteiger partial charge in [0.2, 0.25) is 0 Å². The van der Waals surface area contributed by atoms with Gasteiger partial charge in [0.15, 0.2) is 0 Å². The topological polar surface area (TPSA) is 37.4 Å². The van der Waals surface area contributed by atoms with E-state index >= 15 is 0 Å². The molecule has 0 fully saturated rings. The first-order valence-electron chi connectivity index (χ1n) is 7.71. The van der Waals surface area contributed by atoms with Crippen molar-refractivity contribution in [2.24, 2.45) is 0 Å². The molecular weight excluding hydrogens is 342 g/mol. The lowest BCUT2D eigenvalue weighted by molar-refractivity contribution is 0.514. The highest BCUT2D eigenvalue weighted by Crippen LogP contribution is 2.29. The molecule has 1 aliphatic heterocycles. The minimum Gasteiger partial charge on any atom is -0.265 e. The zero-order chi connectivity index (χ0) is 17.2. The van der Waals surface area contributed by atoms with E-state index in [4.69, 9.17) is 11.6 Å². The Hall–Kier alpha value is -2.04. The average Bonchev–Trinajstić information content (AvgIpc) is 2.82. The summed E-state index contributed by atoms with van der Waals surface area (Å²) in [5.74, 6) is 0. The van der Waals surface area contributed by atoms with E-state index in [-0.39, 0.29) is 0 Å². The van der Waals surface area contributed by atoms with Gasteiger partial charge in [-0.2, -0.15) is 0 Å². The zero-order valence-corrected chi connectivity index (χ0v) is 14.9. The van der Waals surface area contributed by atoms with E-state index in [1.165, 1.54) is 4.31 Å². The first-order chi connectivity index (χ1) is 11.5. The summed E-state index contributed by atoms with van der Waals surface area (Å²) in [4.78, 5) is 0.301. The molecule has 0 aliphatic carbocycles. The van der Waals surface area contributed by atoms with Crippen LogP contribution in [0.4, 0.5) is 0 Å². The minimum absolute atomic E-state index is 0.301. The summed E-state index contributed by atoms with van der Waals surface area (Å²) in [6.45, 7) is 2.34. The molecule has 3 rings (SSSR count). The molecule has 0 radical (unpaired) electrons. The zero-order valence-electron chi connectivity index (χ0n) is 13.3. The van der Waals surface area contributed by atoms with Crippen LogP contribution in [0.15, 0.2) is 71.7 Å². The fraction of sp³-hybridized carbons (Fsp3) is 0.158. The van der Waals surface area contributed by atoms with Gasteiger partial charge in [-0.3, -0.25) is 4.31 Å². The Morgan fingerprint density at radius 1 is 1.00 bits per heavy atom. The second kappa shape index (κ2) is 6.83. The summed E-state index contributed by atoms with van der Waals surface area (Å²) >= 11 is 5.95. The molecule has 0 bridgehead atoms. The molecule has 2 aromatic carbocycles. The third kappa shape index (κ3) is 3.40. The lowest BCUT2D eigenvalue weighted by Crippen LogP contribution is -2.30. The highest BCUT2D eigenvalue weighted by molar-refractivity contribution is 7.89. The molecule has 0 atom stereocenters. The number of hydrogen-bond donors (Lipinski definition) is 0. The Kier molecular flexibility index (Phi) is 4.78. The number of nitrogens with zero attached hydrogens (tertiary/aromatic N) is 1. The lowest BCUT2D eigenvalue weighted by atomic mass is 10.1. The maximum Gasteiger partial charge on any atom is 0.264 e. The van der Waals surface area contributed by atoms with Crippen LogP contribution < -0.4 is 0 Å². The molecule has 2 aromatic rings. The maximum absolute atomic E-state index is 13.1. The molecule has 0 saturated heterocycles. The number of benzene rings is 2. The van der Waals surface area contributed by atoms with Gasteiger partial charge in [-0.1, -0.05) is 53.6 Å². The van der Waals surface area contributed by atoms with E-state index in [1.807, 2.05) is 49.4 Å². The molecule has 1 heterocycles. The van der Waals surface area contributed by atoms with Gasteiger partial charge < -0.3 is 0 Å². The summed E-state index contributed by atoms with van der Waals surface area (Å²) in [6.07, 6.45) is 6.37. The molecule has 0 amide bonds. The third-order valence-corrected chi connectivity index (χ3v) is 5.99. The van der Waals surface area contributed by atoms with Crippen LogP contribution in [-0.2, 0) is 10.0 Å². The van der Waals surface area contributed by atoms with Crippen molar-refractivity contribution in [1.29, 1.82) is 0 Å². The van der Waals surface area contributed by atoms with Crippen molar-refractivity contribution in [3.8, 4) is 0 Å². The molecule has 0 N–H and O–H groups in total. The number of allylic oxidation sites excluding steroid dienone is 2. The van der Waals surface area contributed by atoms with E-state index in [0.29, 0.717) is 28.6 Å². The number of hydrogen-bond acceptors (Lipinski definition) is 2. The smallest absolute Gasteiger partial charge is 0.264 e. The van der Waals surface area contributed by atoms with Gasteiger partial charge in [0.25, 0.3) is 10.0 Å². The summed E-state index contributed by atoms with van der Waals surface area (Å²) < 4.78 is 27.7. The van der Waals surface area contributed by atoms with Crippen molar-refractivity contribution in [1.82, 2.24) is 4.31 Å². The van der Waals surface area contributed by atoms with E-state index in [2.05, 4.69) is 0 Å². The van der Waals surface area contributed by atoms with Crippen LogP contribution in [0.1, 0.15) is 17.5 Å². The molecule has 5 heteroatoms. The highest BCUT2D eigenvalue weighted by atomic mass is 35.5. The Balaban J connectivity index is 2.06. The molecule has 24 heavy (non-hydrogen) atoms. The van der Waals surface area contributed by atoms with E-state index in [9.17, 15) is 8.42 Å². The number of halogens is 1. The van der Waals surface area contributed by atoms with Gasteiger partial charge in [-0.05, 0) is 49.2 Å². The maximum atomic E-state index is 13.1. The van der Waals surface area contributed by atoms with E-state index < -0.39 is 10.0 Å². The minimum atomic E-state index is -3.62. The van der Waals surface area contributed by atoms with Crippen LogP contribution in [0.3, 0.4) is 0 Å². The largest absolute Gasteiger partial charge is 0.265 e. The third-order valence-electron chi connectivity index (χ3n) is 3.91. The monoisotopic (exact) mass is 359 g/mol. The molecule has 1 aliphatic rings. The number of aryl methyl sites for hydroxylation is 1. The van der Waals surface area contributed by atoms with Gasteiger partial charge >= 0.3 is 0 Å². The van der Waals surface area contributed by atoms with Crippen molar-refractivity contribution in [3.63, 3.8) is 0 Å². The molecule has 0 spiro atoms. The first-order valence-corrected chi connectivity index (χ1v) is 9.52. The fourth-order valence-corrected chi connectivity index (χ4v) is 4.23. The van der Waals surface area contributed by atoms with Crippen LogP contribution in [0, 0.1) is 6.92 Å². The fourth-order valence-electron chi connectivity index (χ4n) is 2.60. The Morgan fingerprint density at radius 3 is 2.33 bits per heavy atom. The number of sulfonamides is 1. The summed E-state index contributed by atoms with van der Waals surface area (Å²) in [7, 11) is -3.62. The van der Waals surface area contributed by atoms with Crippen molar-refractivity contribution in [2.75, 3.05) is 6.54 Å². The van der Waals surface area contributed by atoms with Gasteiger partial charge in [0.1, 0.15) is 0 Å². The van der Waals surface area contributed by atoms with Crippen molar-refractivity contribution in [2.45, 2.75) is 18.2 Å². The lowest BCUT2D eigenvalue weighted by Gasteiger charge is -2.26. The van der Waals surface area contributed by atoms with Gasteiger partial charge in [-0.25, -0.2) is 8.42 Å². The van der Waals surface area contributed by atoms with Crippen molar-refractivity contribution in [3.05, 3.63) is 82.9 Å². The molecule has 124 valence electrons. The molecule has 0 unspecified atom stereocenters. The normalized spacial score (nSPS) is 15.1. The molecular formula is C19H18ClNO2S. The molecule has 3 nitrogen and oxygen atoms in total. The molecule has 0 saturated carbocycles. The Morgan fingerprint density at radius 2 is 1.67 bits per heavy atom. The number of rotatable bonds is 3. The summed E-state index contributed by atoms with van der Waals surface area (Å²) in [6, 6.07) is 14.1. The first kappa shape index (κ1) is 16.8. The van der Waals surface area contributed by atoms with Gasteiger partial charge in [0, 0.05) is 11.6 Å². The van der Waals surface area contributed by atoms with Crippen LogP contribution in [0.2, 0.25) is 5.02 Å². The van der Waals surface area contributed by atoms with Crippen molar-refractivity contribution < 1.29 is 8.42 Å². The predicted octanol–water partition coefficient (Wildman–Crippen LogP) is 4.64. The second-order valence-corrected chi connectivity index (χ2v) is 7.96. The predicted molar refractivity (Wildman–Crippen MR) is 98.3 cm³/mol. The van der Waals surface area contributed by atoms with Crippen LogP contribution in [0.25, 0.3) is 5.70 Å². The van der Waals surface area contributed by atoms with Crippen molar-refractivity contribution >= 4 is 27.3 Å². The summed E-state index contributed by atoms with van der Waals surface area (Å²) in [5.41, 5.74) is 2.50. The Labute approximate surface area is 147 Å². The van der Waals surface area contributed by atoms with Crippen LogP contribution in [-0.4, -0.2) is 19.3 Å². The van der Waals surface area contributed by atoms with E-state index in [0.717, 1.165) is 11.1 Å². The SMILES string of the molecule is Cc1ccc(S(=O)(=O)N2CCC=CC=C2c2ccc(Cl)cc2)cc1. The quantitative estimate of drug-likeness (QED) is 0.800. The summed E-state index contributed by atoms with van der Waals surface area (Å²) in [5, 5.41) is 0.622. The molecule has 0 aromatic heterocycles. The standard InChI is InChI=1S/C19H18ClNO2S/c1-15-6-12-18(13-7-15)24(22,23)21-14-4-2-3-5-19(21)16-8-10-17(20)11-9-16/h2-3,5-13H,4,14H2,1H3. The van der Waals surface area contributed by atoms with E-state index in [1.54, 1.807) is 24.3 Å². The van der Waals surface area contributed by atoms with Crippen LogP contribution in [0.5, 0.6) is 0 Å². The van der Waals surface area contributed by atoms with Gasteiger partial charge in [0.05, 0.1) is 10.6 Å². The van der Waals surface area contributed by atoms with Crippen LogP contribution >= 0.6 is 11.6 Å².